The zero-order valence-electron chi connectivity index (χ0n) is 14.3. The van der Waals surface area contributed by atoms with E-state index in [2.05, 4.69) is 13.5 Å². The average Bonchev–Trinajstić information content (AvgIpc) is 2.49. The number of hydrogen-bond donors (Lipinski definition) is 0. The van der Waals surface area contributed by atoms with E-state index in [1.54, 1.807) is 7.11 Å². The fourth-order valence-electron chi connectivity index (χ4n) is 2.20. The first-order valence-corrected chi connectivity index (χ1v) is 8.68. The molecule has 0 saturated heterocycles. The average molecular weight is 300 g/mol. The van der Waals surface area contributed by atoms with Crippen LogP contribution in [0.5, 0.6) is 0 Å². The van der Waals surface area contributed by atoms with E-state index in [4.69, 9.17) is 14.2 Å². The van der Waals surface area contributed by atoms with E-state index in [1.807, 2.05) is 6.08 Å². The van der Waals surface area contributed by atoms with Crippen LogP contribution >= 0.6 is 0 Å². The van der Waals surface area contributed by atoms with Crippen molar-refractivity contribution in [2.45, 2.75) is 77.4 Å². The summed E-state index contributed by atoms with van der Waals surface area (Å²) in [7, 11) is 1.69. The number of ether oxygens (including phenoxy) is 3. The van der Waals surface area contributed by atoms with Crippen molar-refractivity contribution in [3.8, 4) is 0 Å². The molecule has 0 aromatic carbocycles. The maximum absolute atomic E-state index is 5.80. The lowest BCUT2D eigenvalue weighted by Crippen LogP contribution is -2.20. The van der Waals surface area contributed by atoms with Crippen LogP contribution in [0.25, 0.3) is 0 Å². The summed E-state index contributed by atoms with van der Waals surface area (Å²) in [5.74, 6) is 0. The normalized spacial score (nSPS) is 12.5. The smallest absolute Gasteiger partial charge is 0.157 e. The lowest BCUT2D eigenvalue weighted by Gasteiger charge is -2.17. The molecular weight excluding hydrogens is 264 g/mol. The second-order valence-electron chi connectivity index (χ2n) is 5.50. The quantitative estimate of drug-likeness (QED) is 0.212. The molecule has 126 valence electrons. The van der Waals surface area contributed by atoms with Gasteiger partial charge in [0.1, 0.15) is 0 Å². The van der Waals surface area contributed by atoms with E-state index in [0.29, 0.717) is 13.2 Å². The zero-order chi connectivity index (χ0) is 15.6. The van der Waals surface area contributed by atoms with Crippen LogP contribution in [0.3, 0.4) is 0 Å². The predicted molar refractivity (Wildman–Crippen MR) is 89.6 cm³/mol. The topological polar surface area (TPSA) is 27.7 Å². The molecule has 0 aliphatic carbocycles. The second kappa shape index (κ2) is 17.7. The van der Waals surface area contributed by atoms with Crippen LogP contribution in [0, 0.1) is 0 Å². The van der Waals surface area contributed by atoms with Gasteiger partial charge in [-0.1, -0.05) is 51.5 Å². The Labute approximate surface area is 132 Å². The first-order chi connectivity index (χ1) is 10.3. The molecule has 3 heteroatoms. The van der Waals surface area contributed by atoms with Gasteiger partial charge in [-0.3, -0.25) is 0 Å². The highest BCUT2D eigenvalue weighted by atomic mass is 16.7. The molecule has 0 fully saturated rings. The molecule has 0 rings (SSSR count). The molecule has 0 saturated carbocycles. The molecule has 0 heterocycles. The van der Waals surface area contributed by atoms with Gasteiger partial charge in [0.05, 0.1) is 13.2 Å². The van der Waals surface area contributed by atoms with Crippen molar-refractivity contribution in [3.63, 3.8) is 0 Å². The maximum atomic E-state index is 5.80. The Morgan fingerprint density at radius 1 is 0.857 bits per heavy atom. The minimum Gasteiger partial charge on any atom is -0.382 e. The Balaban J connectivity index is 3.34. The van der Waals surface area contributed by atoms with Crippen molar-refractivity contribution in [2.24, 2.45) is 0 Å². The van der Waals surface area contributed by atoms with Crippen molar-refractivity contribution in [1.82, 2.24) is 0 Å². The highest BCUT2D eigenvalue weighted by Crippen LogP contribution is 2.10. The molecule has 1 atom stereocenters. The Morgan fingerprint density at radius 2 is 1.48 bits per heavy atom. The molecule has 1 unspecified atom stereocenters. The fourth-order valence-corrected chi connectivity index (χ4v) is 2.20. The van der Waals surface area contributed by atoms with Crippen molar-refractivity contribution in [1.29, 1.82) is 0 Å². The third-order valence-corrected chi connectivity index (χ3v) is 3.47. The second-order valence-corrected chi connectivity index (χ2v) is 5.50. The van der Waals surface area contributed by atoms with Crippen LogP contribution in [-0.4, -0.2) is 33.2 Å². The minimum atomic E-state index is -0.0518. The van der Waals surface area contributed by atoms with Gasteiger partial charge in [0.25, 0.3) is 0 Å². The number of unbranched alkanes of at least 4 members (excludes halogenated alkanes) is 7. The Hall–Kier alpha value is -0.380. The number of allylic oxidation sites excluding steroid dienone is 1. The summed E-state index contributed by atoms with van der Waals surface area (Å²) in [4.78, 5) is 0. The highest BCUT2D eigenvalue weighted by Gasteiger charge is 2.07. The molecule has 0 aromatic rings. The summed E-state index contributed by atoms with van der Waals surface area (Å²) in [5.41, 5.74) is 0. The van der Waals surface area contributed by atoms with Gasteiger partial charge in [0.2, 0.25) is 0 Å². The van der Waals surface area contributed by atoms with Crippen LogP contribution in [-0.2, 0) is 14.2 Å². The van der Waals surface area contributed by atoms with E-state index >= 15 is 0 Å². The summed E-state index contributed by atoms with van der Waals surface area (Å²) >= 11 is 0. The van der Waals surface area contributed by atoms with E-state index in [-0.39, 0.29) is 6.29 Å². The van der Waals surface area contributed by atoms with Crippen LogP contribution in [0.15, 0.2) is 12.7 Å². The summed E-state index contributed by atoms with van der Waals surface area (Å²) < 4.78 is 16.4. The molecule has 0 spiro atoms. The Kier molecular flexibility index (Phi) is 17.4. The van der Waals surface area contributed by atoms with E-state index in [0.717, 1.165) is 32.3 Å². The lowest BCUT2D eigenvalue weighted by atomic mass is 10.1. The molecule has 0 aliphatic heterocycles. The summed E-state index contributed by atoms with van der Waals surface area (Å²) in [6, 6.07) is 0. The molecule has 0 amide bonds. The first kappa shape index (κ1) is 20.6. The van der Waals surface area contributed by atoms with Crippen molar-refractivity contribution in [3.05, 3.63) is 12.7 Å². The van der Waals surface area contributed by atoms with Crippen LogP contribution in [0.4, 0.5) is 0 Å². The molecule has 0 N–H and O–H groups in total. The minimum absolute atomic E-state index is 0.0518. The van der Waals surface area contributed by atoms with Gasteiger partial charge in [0.15, 0.2) is 6.29 Å². The Morgan fingerprint density at radius 3 is 2.10 bits per heavy atom. The Bertz CT molecular complexity index is 207. The monoisotopic (exact) mass is 300 g/mol. The van der Waals surface area contributed by atoms with Crippen LogP contribution in [0.1, 0.15) is 71.1 Å². The van der Waals surface area contributed by atoms with Gasteiger partial charge in [-0.05, 0) is 25.7 Å². The SMILES string of the molecule is C=CCCCCCCCCCOC(CCC)OCCOC. The third kappa shape index (κ3) is 15.8. The van der Waals surface area contributed by atoms with Crippen molar-refractivity contribution < 1.29 is 14.2 Å². The van der Waals surface area contributed by atoms with Gasteiger partial charge in [-0.25, -0.2) is 0 Å². The summed E-state index contributed by atoms with van der Waals surface area (Å²) in [6.45, 7) is 7.97. The fraction of sp³-hybridized carbons (Fsp3) is 0.889. The molecular formula is C18H36O3. The summed E-state index contributed by atoms with van der Waals surface area (Å²) in [6.07, 6.45) is 14.2. The molecule has 0 aromatic heterocycles. The van der Waals surface area contributed by atoms with E-state index < -0.39 is 0 Å². The predicted octanol–water partition coefficient (Wildman–Crippen LogP) is 5.10. The summed E-state index contributed by atoms with van der Waals surface area (Å²) in [5, 5.41) is 0. The number of rotatable bonds is 17. The lowest BCUT2D eigenvalue weighted by molar-refractivity contribution is -0.153. The number of hydrogen-bond acceptors (Lipinski definition) is 3. The van der Waals surface area contributed by atoms with Crippen molar-refractivity contribution in [2.75, 3.05) is 26.9 Å². The van der Waals surface area contributed by atoms with Gasteiger partial charge >= 0.3 is 0 Å². The van der Waals surface area contributed by atoms with E-state index in [9.17, 15) is 0 Å². The molecule has 3 nitrogen and oxygen atoms in total. The standard InChI is InChI=1S/C18H36O3/c1-4-6-7-8-9-10-11-12-13-15-20-18(14-5-2)21-17-16-19-3/h4,18H,1,5-17H2,2-3H3. The highest BCUT2D eigenvalue weighted by molar-refractivity contribution is 4.65. The molecule has 0 aliphatic rings. The largest absolute Gasteiger partial charge is 0.382 e. The maximum Gasteiger partial charge on any atom is 0.157 e. The van der Waals surface area contributed by atoms with Crippen molar-refractivity contribution >= 4 is 0 Å². The molecule has 0 bridgehead atoms. The van der Waals surface area contributed by atoms with Gasteiger partial charge < -0.3 is 14.2 Å². The van der Waals surface area contributed by atoms with Crippen LogP contribution in [0.2, 0.25) is 0 Å². The number of methoxy groups -OCH3 is 1. The first-order valence-electron chi connectivity index (χ1n) is 8.68. The molecule has 0 radical (unpaired) electrons. The molecule has 21 heavy (non-hydrogen) atoms. The van der Waals surface area contributed by atoms with E-state index in [1.165, 1.54) is 38.5 Å². The van der Waals surface area contributed by atoms with Gasteiger partial charge in [0, 0.05) is 13.7 Å². The zero-order valence-corrected chi connectivity index (χ0v) is 14.3. The van der Waals surface area contributed by atoms with Gasteiger partial charge in [-0.2, -0.15) is 0 Å². The van der Waals surface area contributed by atoms with Crippen LogP contribution < -0.4 is 0 Å². The third-order valence-electron chi connectivity index (χ3n) is 3.47. The van der Waals surface area contributed by atoms with Gasteiger partial charge in [-0.15, -0.1) is 6.58 Å².